The third-order valence-corrected chi connectivity index (χ3v) is 3.12. The molecule has 3 N–H and O–H groups in total. The molecule has 0 aromatic heterocycles. The maximum absolute atomic E-state index is 10.1. The van der Waals surface area contributed by atoms with E-state index in [0.717, 1.165) is 24.1 Å². The average Bonchev–Trinajstić information content (AvgIpc) is 2.85. The molecule has 3 nitrogen and oxygen atoms in total. The molecule has 17 heavy (non-hydrogen) atoms. The van der Waals surface area contributed by atoms with Gasteiger partial charge in [-0.15, -0.1) is 6.92 Å². The molecule has 98 valence electrons. The maximum atomic E-state index is 10.1. The van der Waals surface area contributed by atoms with Gasteiger partial charge in [0.2, 0.25) is 0 Å². The number of hydrogen-bond donors (Lipinski definition) is 3. The largest absolute Gasteiger partial charge is 0.396 e. The number of aliphatic hydroxyl groups excluding tert-OH is 1. The van der Waals surface area contributed by atoms with Gasteiger partial charge in [-0.3, -0.25) is 0 Å². The molecular formula is C13H23CrN2O-. The van der Waals surface area contributed by atoms with E-state index < -0.39 is 0 Å². The Morgan fingerprint density at radius 2 is 1.94 bits per heavy atom. The van der Waals surface area contributed by atoms with Crippen LogP contribution in [0.5, 0.6) is 0 Å². The number of allylic oxidation sites excluding steroid dienone is 2. The van der Waals surface area contributed by atoms with E-state index in [4.69, 9.17) is 0 Å². The summed E-state index contributed by atoms with van der Waals surface area (Å²) < 4.78 is 0. The van der Waals surface area contributed by atoms with Gasteiger partial charge in [0.25, 0.3) is 0 Å². The van der Waals surface area contributed by atoms with Gasteiger partial charge in [0.05, 0.1) is 6.10 Å². The van der Waals surface area contributed by atoms with Crippen molar-refractivity contribution in [2.45, 2.75) is 52.6 Å². The zero-order chi connectivity index (χ0) is 12.0. The summed E-state index contributed by atoms with van der Waals surface area (Å²) in [7, 11) is 0. The zero-order valence-electron chi connectivity index (χ0n) is 10.9. The first-order valence-corrected chi connectivity index (χ1v) is 6.27. The number of rotatable bonds is 2. The second-order valence-electron chi connectivity index (χ2n) is 4.12. The molecule has 0 amide bonds. The molecule has 1 aliphatic heterocycles. The summed E-state index contributed by atoms with van der Waals surface area (Å²) >= 11 is 0. The predicted octanol–water partition coefficient (Wildman–Crippen LogP) is 2.26. The van der Waals surface area contributed by atoms with Crippen LogP contribution in [0.1, 0.15) is 46.5 Å². The smallest absolute Gasteiger partial charge is 0.0815 e. The van der Waals surface area contributed by atoms with Crippen molar-refractivity contribution in [1.82, 2.24) is 10.9 Å². The minimum absolute atomic E-state index is 0. The minimum atomic E-state index is -0.344. The van der Waals surface area contributed by atoms with Gasteiger partial charge >= 0.3 is 0 Å². The van der Waals surface area contributed by atoms with Crippen LogP contribution in [0.15, 0.2) is 17.3 Å². The van der Waals surface area contributed by atoms with Gasteiger partial charge in [-0.05, 0) is 24.5 Å². The molecule has 1 unspecified atom stereocenters. The van der Waals surface area contributed by atoms with Crippen LogP contribution in [0, 0.1) is 12.1 Å². The van der Waals surface area contributed by atoms with Crippen molar-refractivity contribution in [1.29, 1.82) is 0 Å². The van der Waals surface area contributed by atoms with E-state index in [1.54, 1.807) is 0 Å². The summed E-state index contributed by atoms with van der Waals surface area (Å²) in [5.41, 5.74) is 7.76. The molecule has 2 rings (SSSR count). The van der Waals surface area contributed by atoms with E-state index in [0.29, 0.717) is 5.92 Å². The van der Waals surface area contributed by atoms with E-state index in [2.05, 4.69) is 17.1 Å². The molecule has 0 bridgehead atoms. The van der Waals surface area contributed by atoms with Crippen LogP contribution >= 0.6 is 0 Å². The Labute approximate surface area is 115 Å². The van der Waals surface area contributed by atoms with Gasteiger partial charge in [0.15, 0.2) is 0 Å². The second-order valence-corrected chi connectivity index (χ2v) is 4.12. The van der Waals surface area contributed by atoms with Crippen LogP contribution in [0.2, 0.25) is 0 Å². The van der Waals surface area contributed by atoms with Gasteiger partial charge in [0, 0.05) is 17.4 Å². The van der Waals surface area contributed by atoms with Crippen LogP contribution in [-0.4, -0.2) is 11.2 Å². The van der Waals surface area contributed by atoms with Gasteiger partial charge in [-0.25, -0.2) is 6.08 Å². The van der Waals surface area contributed by atoms with E-state index in [9.17, 15) is 5.11 Å². The monoisotopic (exact) mass is 275 g/mol. The summed E-state index contributed by atoms with van der Waals surface area (Å²) in [6.07, 6.45) is 9.17. The fourth-order valence-corrected chi connectivity index (χ4v) is 2.24. The summed E-state index contributed by atoms with van der Waals surface area (Å²) in [5.74, 6) is 0.431. The van der Waals surface area contributed by atoms with Crippen molar-refractivity contribution in [3.8, 4) is 0 Å². The Morgan fingerprint density at radius 1 is 1.35 bits per heavy atom. The van der Waals surface area contributed by atoms with Crippen molar-refractivity contribution in [2.75, 3.05) is 0 Å². The molecule has 0 spiro atoms. The average molecular weight is 275 g/mol. The number of nitrogens with one attached hydrogen (secondary N) is 2. The van der Waals surface area contributed by atoms with Crippen molar-refractivity contribution in [3.63, 3.8) is 0 Å². The Kier molecular flexibility index (Phi) is 8.42. The Hall–Kier alpha value is -0.428. The van der Waals surface area contributed by atoms with Crippen LogP contribution < -0.4 is 10.9 Å². The first kappa shape index (κ1) is 16.6. The van der Waals surface area contributed by atoms with Gasteiger partial charge < -0.3 is 16.0 Å². The second kappa shape index (κ2) is 8.63. The molecule has 4 heteroatoms. The Morgan fingerprint density at radius 3 is 2.47 bits per heavy atom. The number of hydrogen-bond acceptors (Lipinski definition) is 3. The van der Waals surface area contributed by atoms with Crippen LogP contribution in [0.25, 0.3) is 0 Å². The van der Waals surface area contributed by atoms with Crippen LogP contribution in [-0.2, 0) is 17.4 Å². The maximum Gasteiger partial charge on any atom is 0.0815 e. The molecule has 0 aromatic carbocycles. The van der Waals surface area contributed by atoms with Gasteiger partial charge in [-0.2, -0.15) is 11.8 Å². The molecule has 0 saturated heterocycles. The van der Waals surface area contributed by atoms with Crippen LogP contribution in [0.4, 0.5) is 0 Å². The van der Waals surface area contributed by atoms with E-state index in [-0.39, 0.29) is 23.5 Å². The molecule has 1 atom stereocenters. The molecule has 1 saturated carbocycles. The molecule has 1 heterocycles. The molecule has 1 fully saturated rings. The van der Waals surface area contributed by atoms with Gasteiger partial charge in [0.1, 0.15) is 0 Å². The molecule has 2 aliphatic rings. The summed E-state index contributed by atoms with van der Waals surface area (Å²) in [6.45, 7) is 5.99. The van der Waals surface area contributed by atoms with Crippen molar-refractivity contribution < 1.29 is 22.5 Å². The van der Waals surface area contributed by atoms with E-state index in [1.807, 2.05) is 26.8 Å². The normalized spacial score (nSPS) is 20.7. The standard InChI is InChI=1S/C11H17N2O.C2H6.Cr/c1-8-6-7-12-13-10(8)11(14)9-4-2-3-5-9;1-2;/h6,9,11-14H,2-5H2,1H3;1-2H3;/q-1;;. The van der Waals surface area contributed by atoms with E-state index >= 15 is 0 Å². The Balaban J connectivity index is 0.000000811. The fourth-order valence-electron chi connectivity index (χ4n) is 2.24. The molecule has 0 aromatic rings. The Bertz CT molecular complexity index is 271. The first-order chi connectivity index (χ1) is 7.79. The zero-order valence-corrected chi connectivity index (χ0v) is 12.2. The topological polar surface area (TPSA) is 44.3 Å². The predicted molar refractivity (Wildman–Crippen MR) is 66.1 cm³/mol. The first-order valence-electron chi connectivity index (χ1n) is 6.27. The van der Waals surface area contributed by atoms with Crippen molar-refractivity contribution >= 4 is 0 Å². The number of aliphatic hydroxyl groups is 1. The van der Waals surface area contributed by atoms with Crippen molar-refractivity contribution in [2.24, 2.45) is 5.92 Å². The van der Waals surface area contributed by atoms with E-state index in [1.165, 1.54) is 12.8 Å². The quantitative estimate of drug-likeness (QED) is 0.677. The molecule has 0 radical (unpaired) electrons. The SMILES string of the molecule is CC.CC1=C(C(O)C2CCCC2)NN[C-]=C1.[Cr]. The minimum Gasteiger partial charge on any atom is -0.396 e. The van der Waals surface area contributed by atoms with Crippen LogP contribution in [0.3, 0.4) is 0 Å². The third kappa shape index (κ3) is 4.39. The summed E-state index contributed by atoms with van der Waals surface area (Å²) in [4.78, 5) is 0. The third-order valence-electron chi connectivity index (χ3n) is 3.12. The molecular weight excluding hydrogens is 252 g/mol. The van der Waals surface area contributed by atoms with Crippen molar-refractivity contribution in [3.05, 3.63) is 23.5 Å². The molecule has 1 aliphatic carbocycles. The fraction of sp³-hybridized carbons (Fsp3) is 0.692. The summed E-state index contributed by atoms with van der Waals surface area (Å²) in [6, 6.07) is 0. The van der Waals surface area contributed by atoms with Gasteiger partial charge in [-0.1, -0.05) is 26.7 Å². The summed E-state index contributed by atoms with van der Waals surface area (Å²) in [5, 5.41) is 10.1. The number of hydrazine groups is 1.